The summed E-state index contributed by atoms with van der Waals surface area (Å²) in [5.41, 5.74) is 6.79. The number of urea groups is 1. The van der Waals surface area contributed by atoms with E-state index in [1.165, 1.54) is 4.57 Å². The molecule has 1 aromatic heterocycles. The summed E-state index contributed by atoms with van der Waals surface area (Å²) < 4.78 is 1.41. The van der Waals surface area contributed by atoms with Crippen molar-refractivity contribution in [3.63, 3.8) is 0 Å². The minimum atomic E-state index is -0.517. The lowest BCUT2D eigenvalue weighted by atomic mass is 9.95. The van der Waals surface area contributed by atoms with Crippen molar-refractivity contribution < 1.29 is 9.90 Å². The highest BCUT2D eigenvalue weighted by Gasteiger charge is 2.19. The highest BCUT2D eigenvalue weighted by molar-refractivity contribution is 6.35. The molecule has 3 aromatic rings. The molecule has 0 aliphatic heterocycles. The lowest BCUT2D eigenvalue weighted by molar-refractivity contribution is 0.158. The van der Waals surface area contributed by atoms with Crippen molar-refractivity contribution in [1.29, 1.82) is 0 Å². The Kier molecular flexibility index (Phi) is 6.64. The average Bonchev–Trinajstić information content (AvgIpc) is 2.72. The molecule has 8 nitrogen and oxygen atoms in total. The number of nitrogens with zero attached hydrogens (tertiary/aromatic N) is 2. The molecule has 3 rings (SSSR count). The van der Waals surface area contributed by atoms with Gasteiger partial charge in [-0.05, 0) is 37.3 Å². The van der Waals surface area contributed by atoms with Crippen LogP contribution in [0.25, 0.3) is 16.6 Å². The summed E-state index contributed by atoms with van der Waals surface area (Å²) in [6.07, 6.45) is 0. The van der Waals surface area contributed by atoms with E-state index < -0.39 is 17.5 Å². The van der Waals surface area contributed by atoms with Crippen LogP contribution in [0, 0.1) is 5.41 Å². The Morgan fingerprint density at radius 3 is 2.68 bits per heavy atom. The molecular formula is C22H26ClN5O3. The van der Waals surface area contributed by atoms with E-state index in [0.717, 1.165) is 0 Å². The second-order valence-corrected chi connectivity index (χ2v) is 8.62. The molecule has 0 saturated carbocycles. The summed E-state index contributed by atoms with van der Waals surface area (Å²) in [5, 5.41) is 15.4. The number of anilines is 1. The first-order valence-corrected chi connectivity index (χ1v) is 10.2. The lowest BCUT2D eigenvalue weighted by Crippen LogP contribution is -2.38. The van der Waals surface area contributed by atoms with E-state index in [4.69, 9.17) is 17.3 Å². The fraction of sp³-hybridized carbons (Fsp3) is 0.318. The summed E-state index contributed by atoms with van der Waals surface area (Å²) >= 11 is 6.27. The molecule has 2 amide bonds. The second-order valence-electron chi connectivity index (χ2n) is 8.21. The van der Waals surface area contributed by atoms with Gasteiger partial charge in [0.25, 0.3) is 5.56 Å². The van der Waals surface area contributed by atoms with Crippen molar-refractivity contribution in [3.05, 3.63) is 63.7 Å². The van der Waals surface area contributed by atoms with E-state index in [9.17, 15) is 14.7 Å². The zero-order chi connectivity index (χ0) is 22.8. The Hall–Kier alpha value is -2.94. The Morgan fingerprint density at radius 2 is 2.00 bits per heavy atom. The van der Waals surface area contributed by atoms with Gasteiger partial charge in [-0.3, -0.25) is 9.36 Å². The van der Waals surface area contributed by atoms with Crippen molar-refractivity contribution in [1.82, 2.24) is 14.9 Å². The first-order valence-electron chi connectivity index (χ1n) is 9.86. The highest BCUT2D eigenvalue weighted by atomic mass is 35.5. The monoisotopic (exact) mass is 443 g/mol. The molecule has 0 bridgehead atoms. The number of nitrogens with two attached hydrogens (primary N) is 1. The first kappa shape index (κ1) is 22.7. The van der Waals surface area contributed by atoms with Crippen LogP contribution in [0.2, 0.25) is 5.02 Å². The maximum atomic E-state index is 13.3. The van der Waals surface area contributed by atoms with E-state index in [-0.39, 0.29) is 12.2 Å². The largest absolute Gasteiger partial charge is 0.396 e. The predicted molar refractivity (Wildman–Crippen MR) is 123 cm³/mol. The van der Waals surface area contributed by atoms with Crippen LogP contribution in [-0.4, -0.2) is 33.8 Å². The predicted octanol–water partition coefficient (Wildman–Crippen LogP) is 3.20. The van der Waals surface area contributed by atoms with Gasteiger partial charge in [-0.25, -0.2) is 9.78 Å². The third kappa shape index (κ3) is 5.04. The van der Waals surface area contributed by atoms with E-state index in [1.54, 1.807) is 49.4 Å². The number of benzene rings is 2. The van der Waals surface area contributed by atoms with Crippen molar-refractivity contribution in [3.8, 4) is 5.69 Å². The molecule has 0 aliphatic carbocycles. The van der Waals surface area contributed by atoms with Crippen LogP contribution in [0.3, 0.4) is 0 Å². The molecule has 1 atom stereocenters. The van der Waals surface area contributed by atoms with Crippen LogP contribution in [0.1, 0.15) is 32.6 Å². The summed E-state index contributed by atoms with van der Waals surface area (Å²) in [6.45, 7) is 5.67. The molecule has 9 heteroatoms. The average molecular weight is 444 g/mol. The topological polar surface area (TPSA) is 122 Å². The van der Waals surface area contributed by atoms with Crippen LogP contribution in [0.5, 0.6) is 0 Å². The molecule has 0 radical (unpaired) electrons. The number of aromatic nitrogens is 2. The fourth-order valence-corrected chi connectivity index (χ4v) is 3.29. The normalized spacial score (nSPS) is 12.6. The van der Waals surface area contributed by atoms with Gasteiger partial charge in [-0.2, -0.15) is 0 Å². The molecule has 0 fully saturated rings. The van der Waals surface area contributed by atoms with Gasteiger partial charge in [-0.15, -0.1) is 0 Å². The van der Waals surface area contributed by atoms with Gasteiger partial charge in [-0.1, -0.05) is 37.6 Å². The molecule has 2 aromatic carbocycles. The van der Waals surface area contributed by atoms with E-state index in [0.29, 0.717) is 39.7 Å². The highest BCUT2D eigenvalue weighted by Crippen LogP contribution is 2.23. The first-order chi connectivity index (χ1) is 14.6. The van der Waals surface area contributed by atoms with E-state index >= 15 is 0 Å². The number of hydrogen-bond acceptors (Lipinski definition) is 5. The number of nitrogens with one attached hydrogen (secondary N) is 2. The van der Waals surface area contributed by atoms with Crippen molar-refractivity contribution >= 4 is 34.2 Å². The molecule has 0 saturated heterocycles. The number of hydrogen-bond donors (Lipinski definition) is 4. The third-order valence-electron chi connectivity index (χ3n) is 4.80. The molecule has 164 valence electrons. The van der Waals surface area contributed by atoms with Gasteiger partial charge in [0.1, 0.15) is 5.82 Å². The van der Waals surface area contributed by atoms with E-state index in [1.807, 2.05) is 13.8 Å². The number of carbonyl (C=O) groups is 1. The van der Waals surface area contributed by atoms with Gasteiger partial charge >= 0.3 is 6.03 Å². The smallest absolute Gasteiger partial charge is 0.319 e. The Bertz CT molecular complexity index is 1170. The summed E-state index contributed by atoms with van der Waals surface area (Å²) in [6, 6.07) is 11.0. The van der Waals surface area contributed by atoms with Gasteiger partial charge < -0.3 is 21.5 Å². The standard InChI is InChI=1S/C22H26ClN5O3/c1-13(24)19-27-17-9-5-8-16(23)18(17)20(30)28(19)15-7-4-6-14(10-15)26-21(31)25-11-22(2,3)12-29/h4-10,13,29H,11-12,24H2,1-3H3,(H2,25,26,31). The quantitative estimate of drug-likeness (QED) is 0.466. The van der Waals surface area contributed by atoms with Crippen molar-refractivity contribution in [2.45, 2.75) is 26.8 Å². The molecule has 1 heterocycles. The number of rotatable bonds is 6. The second kappa shape index (κ2) is 9.05. The zero-order valence-electron chi connectivity index (χ0n) is 17.6. The molecule has 0 aliphatic rings. The molecule has 5 N–H and O–H groups in total. The van der Waals surface area contributed by atoms with Crippen molar-refractivity contribution in [2.24, 2.45) is 11.1 Å². The summed E-state index contributed by atoms with van der Waals surface area (Å²) in [4.78, 5) is 30.1. The zero-order valence-corrected chi connectivity index (χ0v) is 18.4. The Labute approximate surface area is 185 Å². The maximum absolute atomic E-state index is 13.3. The van der Waals surface area contributed by atoms with Gasteiger partial charge in [0.15, 0.2) is 0 Å². The number of halogens is 1. The van der Waals surface area contributed by atoms with Crippen molar-refractivity contribution in [2.75, 3.05) is 18.5 Å². The number of amides is 2. The Morgan fingerprint density at radius 1 is 1.29 bits per heavy atom. The van der Waals surface area contributed by atoms with Gasteiger partial charge in [0.2, 0.25) is 0 Å². The summed E-state index contributed by atoms with van der Waals surface area (Å²) in [5.74, 6) is 0.381. The number of carbonyl (C=O) groups excluding carboxylic acids is 1. The van der Waals surface area contributed by atoms with Gasteiger partial charge in [0, 0.05) is 24.3 Å². The molecular weight excluding hydrogens is 418 g/mol. The lowest BCUT2D eigenvalue weighted by Gasteiger charge is -2.22. The Balaban J connectivity index is 2.00. The number of fused-ring (bicyclic) bond motifs is 1. The molecule has 31 heavy (non-hydrogen) atoms. The van der Waals surface area contributed by atoms with Crippen LogP contribution >= 0.6 is 11.6 Å². The van der Waals surface area contributed by atoms with Crippen LogP contribution in [0.15, 0.2) is 47.3 Å². The SMILES string of the molecule is CC(N)c1nc2cccc(Cl)c2c(=O)n1-c1cccc(NC(=O)NCC(C)(C)CO)c1. The van der Waals surface area contributed by atoms with Crippen LogP contribution < -0.4 is 21.9 Å². The minimum absolute atomic E-state index is 0.0523. The van der Waals surface area contributed by atoms with E-state index in [2.05, 4.69) is 15.6 Å². The maximum Gasteiger partial charge on any atom is 0.319 e. The molecule has 1 unspecified atom stereocenters. The minimum Gasteiger partial charge on any atom is -0.396 e. The molecule has 0 spiro atoms. The van der Waals surface area contributed by atoms with Crippen LogP contribution in [0.4, 0.5) is 10.5 Å². The number of aliphatic hydroxyl groups excluding tert-OH is 1. The van der Waals surface area contributed by atoms with Gasteiger partial charge in [0.05, 0.1) is 27.7 Å². The summed E-state index contributed by atoms with van der Waals surface area (Å²) in [7, 11) is 0. The third-order valence-corrected chi connectivity index (χ3v) is 5.11. The fourth-order valence-electron chi connectivity index (χ4n) is 3.04. The van der Waals surface area contributed by atoms with Crippen LogP contribution in [-0.2, 0) is 0 Å². The number of aliphatic hydroxyl groups is 1.